The fourth-order valence-electron chi connectivity index (χ4n) is 4.29. The van der Waals surface area contributed by atoms with Crippen molar-refractivity contribution in [3.63, 3.8) is 0 Å². The number of aromatic nitrogens is 2. The highest BCUT2D eigenvalue weighted by molar-refractivity contribution is 5.73. The van der Waals surface area contributed by atoms with Gasteiger partial charge in [0.25, 0.3) is 0 Å². The molecule has 1 fully saturated rings. The molecule has 1 N–H and O–H groups in total. The number of rotatable bonds is 7. The lowest BCUT2D eigenvalue weighted by Crippen LogP contribution is -2.44. The van der Waals surface area contributed by atoms with Crippen LogP contribution in [-0.2, 0) is 17.9 Å². The second kappa shape index (κ2) is 9.92. The average molecular weight is 432 g/mol. The quantitative estimate of drug-likeness (QED) is 0.580. The Morgan fingerprint density at radius 2 is 1.91 bits per heavy atom. The molecule has 1 saturated heterocycles. The highest BCUT2D eigenvalue weighted by Crippen LogP contribution is 2.26. The molecule has 2 aromatic carbocycles. The largest absolute Gasteiger partial charge is 0.480 e. The van der Waals surface area contributed by atoms with Crippen LogP contribution < -0.4 is 4.74 Å². The maximum absolute atomic E-state index is 11.6. The maximum atomic E-state index is 11.6. The van der Waals surface area contributed by atoms with E-state index < -0.39 is 12.0 Å². The van der Waals surface area contributed by atoms with Crippen molar-refractivity contribution in [2.45, 2.75) is 52.3 Å². The van der Waals surface area contributed by atoms with Crippen LogP contribution in [0.2, 0.25) is 0 Å². The van der Waals surface area contributed by atoms with Gasteiger partial charge < -0.3 is 9.84 Å². The summed E-state index contributed by atoms with van der Waals surface area (Å²) in [4.78, 5) is 22.5. The third-order valence-electron chi connectivity index (χ3n) is 6.22. The zero-order valence-electron chi connectivity index (χ0n) is 18.6. The van der Waals surface area contributed by atoms with E-state index in [-0.39, 0.29) is 0 Å². The van der Waals surface area contributed by atoms with Gasteiger partial charge in [0.1, 0.15) is 12.6 Å². The second-order valence-corrected chi connectivity index (χ2v) is 8.33. The van der Waals surface area contributed by atoms with E-state index in [0.29, 0.717) is 25.6 Å². The molecule has 166 valence electrons. The summed E-state index contributed by atoms with van der Waals surface area (Å²) in [6.45, 7) is 5.74. The summed E-state index contributed by atoms with van der Waals surface area (Å²) in [5, 5.41) is 9.50. The lowest BCUT2D eigenvalue weighted by molar-refractivity contribution is -0.144. The predicted molar refractivity (Wildman–Crippen MR) is 123 cm³/mol. The number of hydrogen-bond acceptors (Lipinski definition) is 5. The SMILES string of the molecule is Cc1nc(OCc2cccc(-c3ccccc3)c2C)ncc1CN1CCCC[C@H]1C(=O)O. The molecule has 2 heterocycles. The zero-order chi connectivity index (χ0) is 22.5. The molecule has 1 aromatic heterocycles. The summed E-state index contributed by atoms with van der Waals surface area (Å²) in [5.41, 5.74) is 6.40. The van der Waals surface area contributed by atoms with Crippen LogP contribution in [0.1, 0.15) is 41.6 Å². The van der Waals surface area contributed by atoms with Crippen LogP contribution in [0.5, 0.6) is 6.01 Å². The molecule has 0 bridgehead atoms. The van der Waals surface area contributed by atoms with Crippen LogP contribution in [0.4, 0.5) is 0 Å². The van der Waals surface area contributed by atoms with Crippen LogP contribution in [0, 0.1) is 13.8 Å². The Hall–Kier alpha value is -3.25. The molecule has 0 amide bonds. The zero-order valence-corrected chi connectivity index (χ0v) is 18.6. The predicted octanol–water partition coefficient (Wildman–Crippen LogP) is 4.78. The van der Waals surface area contributed by atoms with E-state index in [0.717, 1.165) is 36.2 Å². The second-order valence-electron chi connectivity index (χ2n) is 8.33. The molecule has 0 spiro atoms. The minimum Gasteiger partial charge on any atom is -0.480 e. The van der Waals surface area contributed by atoms with E-state index in [1.807, 2.05) is 36.1 Å². The number of aryl methyl sites for hydroxylation is 1. The Kier molecular flexibility index (Phi) is 6.81. The first kappa shape index (κ1) is 22.0. The van der Waals surface area contributed by atoms with Gasteiger partial charge in [-0.1, -0.05) is 55.0 Å². The summed E-state index contributed by atoms with van der Waals surface area (Å²) >= 11 is 0. The number of nitrogens with zero attached hydrogens (tertiary/aromatic N) is 3. The summed E-state index contributed by atoms with van der Waals surface area (Å²) in [5.74, 6) is -0.753. The number of hydrogen-bond donors (Lipinski definition) is 1. The molecule has 6 nitrogen and oxygen atoms in total. The molecule has 1 atom stereocenters. The monoisotopic (exact) mass is 431 g/mol. The number of piperidine rings is 1. The molecule has 0 unspecified atom stereocenters. The third kappa shape index (κ3) is 4.97. The summed E-state index contributed by atoms with van der Waals surface area (Å²) in [6.07, 6.45) is 4.43. The van der Waals surface area contributed by atoms with Gasteiger partial charge in [0.2, 0.25) is 0 Å². The Labute approximate surface area is 188 Å². The lowest BCUT2D eigenvalue weighted by Gasteiger charge is -2.32. The Bertz CT molecular complexity index is 1080. The topological polar surface area (TPSA) is 75.6 Å². The van der Waals surface area contributed by atoms with Gasteiger partial charge in [-0.25, -0.2) is 9.97 Å². The average Bonchev–Trinajstić information content (AvgIpc) is 2.81. The lowest BCUT2D eigenvalue weighted by atomic mass is 9.97. The van der Waals surface area contributed by atoms with Crippen molar-refractivity contribution in [2.75, 3.05) is 6.54 Å². The van der Waals surface area contributed by atoms with Crippen molar-refractivity contribution in [3.8, 4) is 17.1 Å². The third-order valence-corrected chi connectivity index (χ3v) is 6.22. The van der Waals surface area contributed by atoms with E-state index >= 15 is 0 Å². The fraction of sp³-hybridized carbons (Fsp3) is 0.346. The van der Waals surface area contributed by atoms with Gasteiger partial charge in [0, 0.05) is 24.0 Å². The van der Waals surface area contributed by atoms with Crippen LogP contribution in [-0.4, -0.2) is 38.5 Å². The van der Waals surface area contributed by atoms with Crippen molar-refractivity contribution in [1.82, 2.24) is 14.9 Å². The van der Waals surface area contributed by atoms with Crippen LogP contribution in [0.3, 0.4) is 0 Å². The maximum Gasteiger partial charge on any atom is 0.320 e. The van der Waals surface area contributed by atoms with E-state index in [9.17, 15) is 9.90 Å². The summed E-state index contributed by atoms with van der Waals surface area (Å²) in [6, 6.07) is 16.4. The molecular weight excluding hydrogens is 402 g/mol. The minimum atomic E-state index is -0.753. The standard InChI is InChI=1S/C26H29N3O3/c1-18-21(11-8-12-23(18)20-9-4-3-5-10-20)17-32-26-27-15-22(19(2)28-26)16-29-14-7-6-13-24(29)25(30)31/h3-5,8-12,15,24H,6-7,13-14,16-17H2,1-2H3,(H,30,31)/t24-/m0/s1. The van der Waals surface area contributed by atoms with Gasteiger partial charge in [-0.05, 0) is 55.5 Å². The normalized spacial score (nSPS) is 16.6. The Morgan fingerprint density at radius 1 is 1.09 bits per heavy atom. The van der Waals surface area contributed by atoms with E-state index in [2.05, 4.69) is 41.2 Å². The van der Waals surface area contributed by atoms with Crippen molar-refractivity contribution in [2.24, 2.45) is 0 Å². The molecule has 4 rings (SSSR count). The number of carboxylic acid groups (broad SMARTS) is 1. The van der Waals surface area contributed by atoms with Gasteiger partial charge in [0.05, 0.1) is 0 Å². The summed E-state index contributed by atoms with van der Waals surface area (Å²) < 4.78 is 5.92. The number of aliphatic carboxylic acids is 1. The smallest absolute Gasteiger partial charge is 0.320 e. The van der Waals surface area contributed by atoms with Crippen LogP contribution in [0.25, 0.3) is 11.1 Å². The minimum absolute atomic E-state index is 0.337. The molecule has 32 heavy (non-hydrogen) atoms. The molecule has 0 aliphatic carbocycles. The van der Waals surface area contributed by atoms with Crippen molar-refractivity contribution in [1.29, 1.82) is 0 Å². The number of carboxylic acids is 1. The highest BCUT2D eigenvalue weighted by Gasteiger charge is 2.28. The van der Waals surface area contributed by atoms with Crippen LogP contribution >= 0.6 is 0 Å². The van der Waals surface area contributed by atoms with Crippen molar-refractivity contribution in [3.05, 3.63) is 77.1 Å². The van der Waals surface area contributed by atoms with Crippen molar-refractivity contribution < 1.29 is 14.6 Å². The van der Waals surface area contributed by atoms with Gasteiger partial charge in [-0.3, -0.25) is 9.69 Å². The molecule has 0 radical (unpaired) electrons. The molecule has 0 saturated carbocycles. The van der Waals surface area contributed by atoms with E-state index in [1.54, 1.807) is 6.20 Å². The molecular formula is C26H29N3O3. The first-order chi connectivity index (χ1) is 15.5. The number of ether oxygens (including phenoxy) is 1. The number of likely N-dealkylation sites (tertiary alicyclic amines) is 1. The van der Waals surface area contributed by atoms with Crippen LogP contribution in [0.15, 0.2) is 54.7 Å². The molecule has 3 aromatic rings. The first-order valence-corrected chi connectivity index (χ1v) is 11.1. The van der Waals surface area contributed by atoms with Gasteiger partial charge in [-0.2, -0.15) is 0 Å². The fourth-order valence-corrected chi connectivity index (χ4v) is 4.29. The first-order valence-electron chi connectivity index (χ1n) is 11.1. The van der Waals surface area contributed by atoms with E-state index in [4.69, 9.17) is 4.74 Å². The van der Waals surface area contributed by atoms with Crippen molar-refractivity contribution >= 4 is 5.97 Å². The Balaban J connectivity index is 1.44. The molecule has 1 aliphatic rings. The van der Waals surface area contributed by atoms with Gasteiger partial charge in [-0.15, -0.1) is 0 Å². The van der Waals surface area contributed by atoms with Gasteiger partial charge >= 0.3 is 12.0 Å². The van der Waals surface area contributed by atoms with E-state index in [1.165, 1.54) is 16.7 Å². The highest BCUT2D eigenvalue weighted by atomic mass is 16.5. The van der Waals surface area contributed by atoms with Gasteiger partial charge in [0.15, 0.2) is 0 Å². The summed E-state index contributed by atoms with van der Waals surface area (Å²) in [7, 11) is 0. The Morgan fingerprint density at radius 3 is 2.66 bits per heavy atom. The molecule has 6 heteroatoms. The number of carbonyl (C=O) groups is 1. The molecule has 1 aliphatic heterocycles. The number of benzene rings is 2.